The second-order valence-corrected chi connectivity index (χ2v) is 7.02. The number of imidazole rings is 1. The number of nitrogens with zero attached hydrogens (tertiary/aromatic N) is 3. The van der Waals surface area contributed by atoms with Crippen molar-refractivity contribution in [3.63, 3.8) is 0 Å². The Kier molecular flexibility index (Phi) is 4.57. The summed E-state index contributed by atoms with van der Waals surface area (Å²) in [6, 6.07) is 10.7. The molecule has 4 rings (SSSR count). The molecular formula is C20H25N3O2. The topological polar surface area (TPSA) is 47.4 Å². The molecule has 2 aliphatic rings. The Morgan fingerprint density at radius 1 is 1.16 bits per heavy atom. The fourth-order valence-corrected chi connectivity index (χ4v) is 4.03. The van der Waals surface area contributed by atoms with E-state index in [4.69, 9.17) is 4.74 Å². The molecule has 1 unspecified atom stereocenters. The molecule has 0 N–H and O–H groups in total. The number of amides is 1. The first kappa shape index (κ1) is 16.3. The van der Waals surface area contributed by atoms with Crippen LogP contribution in [0.3, 0.4) is 0 Å². The highest BCUT2D eigenvalue weighted by Crippen LogP contribution is 2.30. The number of carbonyl (C=O) groups is 1. The number of carbonyl (C=O) groups excluding carboxylic acids is 1. The first-order valence-electron chi connectivity index (χ1n) is 9.23. The molecule has 1 amide bonds. The SMILES string of the molecule is Cc1cnc(-c2ccccc2)n1C1CCN(C(=O)C2CCCO2)CC1. The van der Waals surface area contributed by atoms with Crippen molar-refractivity contribution in [1.82, 2.24) is 14.5 Å². The van der Waals surface area contributed by atoms with E-state index in [-0.39, 0.29) is 12.0 Å². The summed E-state index contributed by atoms with van der Waals surface area (Å²) >= 11 is 0. The van der Waals surface area contributed by atoms with Crippen molar-refractivity contribution in [2.24, 2.45) is 0 Å². The molecule has 2 saturated heterocycles. The highest BCUT2D eigenvalue weighted by molar-refractivity contribution is 5.81. The van der Waals surface area contributed by atoms with Crippen LogP contribution in [-0.4, -0.2) is 46.2 Å². The number of hydrogen-bond acceptors (Lipinski definition) is 3. The largest absolute Gasteiger partial charge is 0.368 e. The summed E-state index contributed by atoms with van der Waals surface area (Å²) in [5.74, 6) is 1.21. The Hall–Kier alpha value is -2.14. The number of benzene rings is 1. The first-order chi connectivity index (χ1) is 12.2. The molecule has 0 spiro atoms. The van der Waals surface area contributed by atoms with E-state index >= 15 is 0 Å². The molecule has 2 fully saturated rings. The Bertz CT molecular complexity index is 727. The molecule has 1 aromatic heterocycles. The van der Waals surface area contributed by atoms with Crippen molar-refractivity contribution in [2.75, 3.05) is 19.7 Å². The highest BCUT2D eigenvalue weighted by Gasteiger charge is 2.32. The number of hydrogen-bond donors (Lipinski definition) is 0. The molecular weight excluding hydrogens is 314 g/mol. The molecule has 0 aliphatic carbocycles. The van der Waals surface area contributed by atoms with Crippen molar-refractivity contribution >= 4 is 5.91 Å². The molecule has 0 radical (unpaired) electrons. The van der Waals surface area contributed by atoms with Crippen LogP contribution in [-0.2, 0) is 9.53 Å². The number of rotatable bonds is 3. The van der Waals surface area contributed by atoms with Crippen LogP contribution in [0.1, 0.15) is 37.4 Å². The van der Waals surface area contributed by atoms with Crippen LogP contribution in [0.5, 0.6) is 0 Å². The lowest BCUT2D eigenvalue weighted by molar-refractivity contribution is -0.142. The molecule has 0 saturated carbocycles. The third-order valence-electron chi connectivity index (χ3n) is 5.36. The zero-order valence-electron chi connectivity index (χ0n) is 14.7. The lowest BCUT2D eigenvalue weighted by Crippen LogP contribution is -2.44. The predicted molar refractivity (Wildman–Crippen MR) is 96.2 cm³/mol. The van der Waals surface area contributed by atoms with E-state index in [2.05, 4.69) is 28.6 Å². The summed E-state index contributed by atoms with van der Waals surface area (Å²) in [5.41, 5.74) is 2.33. The lowest BCUT2D eigenvalue weighted by atomic mass is 10.0. The Balaban J connectivity index is 1.48. The van der Waals surface area contributed by atoms with E-state index in [9.17, 15) is 4.79 Å². The second kappa shape index (κ2) is 7.00. The highest BCUT2D eigenvalue weighted by atomic mass is 16.5. The van der Waals surface area contributed by atoms with Gasteiger partial charge in [-0.1, -0.05) is 30.3 Å². The van der Waals surface area contributed by atoms with Gasteiger partial charge in [0.05, 0.1) is 0 Å². The molecule has 0 bridgehead atoms. The minimum atomic E-state index is -0.202. The standard InChI is InChI=1S/C20H25N3O2/c1-15-14-21-19(16-6-3-2-4-7-16)23(15)17-9-11-22(12-10-17)20(24)18-8-5-13-25-18/h2-4,6-7,14,17-18H,5,8-13H2,1H3. The quantitative estimate of drug-likeness (QED) is 0.863. The molecule has 2 aromatic rings. The summed E-state index contributed by atoms with van der Waals surface area (Å²) in [7, 11) is 0. The minimum Gasteiger partial charge on any atom is -0.368 e. The summed E-state index contributed by atoms with van der Waals surface area (Å²) in [6.45, 7) is 4.44. The number of piperidine rings is 1. The van der Waals surface area contributed by atoms with Gasteiger partial charge in [-0.15, -0.1) is 0 Å². The molecule has 1 aromatic carbocycles. The fourth-order valence-electron chi connectivity index (χ4n) is 4.03. The van der Waals surface area contributed by atoms with Gasteiger partial charge in [-0.25, -0.2) is 4.98 Å². The van der Waals surface area contributed by atoms with Crippen LogP contribution < -0.4 is 0 Å². The van der Waals surface area contributed by atoms with Gasteiger partial charge < -0.3 is 14.2 Å². The number of ether oxygens (including phenoxy) is 1. The van der Waals surface area contributed by atoms with E-state index in [0.717, 1.165) is 56.8 Å². The van der Waals surface area contributed by atoms with Gasteiger partial charge >= 0.3 is 0 Å². The Morgan fingerprint density at radius 2 is 1.92 bits per heavy atom. The van der Waals surface area contributed by atoms with Gasteiger partial charge in [0.15, 0.2) is 0 Å². The second-order valence-electron chi connectivity index (χ2n) is 7.02. The van der Waals surface area contributed by atoms with Gasteiger partial charge in [0.2, 0.25) is 0 Å². The van der Waals surface area contributed by atoms with E-state index in [1.807, 2.05) is 29.3 Å². The monoisotopic (exact) mass is 339 g/mol. The van der Waals surface area contributed by atoms with Gasteiger partial charge in [0.25, 0.3) is 5.91 Å². The van der Waals surface area contributed by atoms with E-state index in [1.54, 1.807) is 0 Å². The summed E-state index contributed by atoms with van der Waals surface area (Å²) in [4.78, 5) is 19.2. The molecule has 25 heavy (non-hydrogen) atoms. The smallest absolute Gasteiger partial charge is 0.251 e. The zero-order chi connectivity index (χ0) is 17.2. The van der Waals surface area contributed by atoms with E-state index < -0.39 is 0 Å². The lowest BCUT2D eigenvalue weighted by Gasteiger charge is -2.35. The molecule has 3 heterocycles. The average Bonchev–Trinajstić information content (AvgIpc) is 3.32. The third kappa shape index (κ3) is 3.21. The van der Waals surface area contributed by atoms with Crippen molar-refractivity contribution in [3.8, 4) is 11.4 Å². The maximum atomic E-state index is 12.5. The van der Waals surface area contributed by atoms with E-state index in [0.29, 0.717) is 6.04 Å². The van der Waals surface area contributed by atoms with Gasteiger partial charge in [0.1, 0.15) is 11.9 Å². The van der Waals surface area contributed by atoms with Gasteiger partial charge in [0, 0.05) is 43.2 Å². The van der Waals surface area contributed by atoms with Crippen LogP contribution in [0.25, 0.3) is 11.4 Å². The van der Waals surface area contributed by atoms with Crippen LogP contribution in [0.2, 0.25) is 0 Å². The maximum absolute atomic E-state index is 12.5. The number of aryl methyl sites for hydroxylation is 1. The Morgan fingerprint density at radius 3 is 2.60 bits per heavy atom. The predicted octanol–water partition coefficient (Wildman–Crippen LogP) is 3.20. The fraction of sp³-hybridized carbons (Fsp3) is 0.500. The van der Waals surface area contributed by atoms with Crippen molar-refractivity contribution < 1.29 is 9.53 Å². The van der Waals surface area contributed by atoms with Crippen molar-refractivity contribution in [3.05, 3.63) is 42.2 Å². The molecule has 5 nitrogen and oxygen atoms in total. The summed E-state index contributed by atoms with van der Waals surface area (Å²) in [5, 5.41) is 0. The third-order valence-corrected chi connectivity index (χ3v) is 5.36. The van der Waals surface area contributed by atoms with Crippen molar-refractivity contribution in [2.45, 2.75) is 44.8 Å². The normalized spacial score (nSPS) is 21.6. The van der Waals surface area contributed by atoms with Crippen molar-refractivity contribution in [1.29, 1.82) is 0 Å². The van der Waals surface area contributed by atoms with Crippen LogP contribution in [0, 0.1) is 6.92 Å². The summed E-state index contributed by atoms with van der Waals surface area (Å²) < 4.78 is 7.91. The van der Waals surface area contributed by atoms with Crippen LogP contribution >= 0.6 is 0 Å². The Labute approximate surface area is 148 Å². The minimum absolute atomic E-state index is 0.182. The summed E-state index contributed by atoms with van der Waals surface area (Å²) in [6.07, 6.45) is 5.56. The average molecular weight is 339 g/mol. The number of likely N-dealkylation sites (tertiary alicyclic amines) is 1. The van der Waals surface area contributed by atoms with Gasteiger partial charge in [-0.2, -0.15) is 0 Å². The van der Waals surface area contributed by atoms with Gasteiger partial charge in [-0.3, -0.25) is 4.79 Å². The molecule has 1 atom stereocenters. The van der Waals surface area contributed by atoms with Gasteiger partial charge in [-0.05, 0) is 32.6 Å². The van der Waals surface area contributed by atoms with Crippen LogP contribution in [0.15, 0.2) is 36.5 Å². The maximum Gasteiger partial charge on any atom is 0.251 e. The first-order valence-corrected chi connectivity index (χ1v) is 9.23. The molecule has 2 aliphatic heterocycles. The number of aromatic nitrogens is 2. The zero-order valence-corrected chi connectivity index (χ0v) is 14.7. The molecule has 5 heteroatoms. The van der Waals surface area contributed by atoms with Crippen LogP contribution in [0.4, 0.5) is 0 Å². The van der Waals surface area contributed by atoms with E-state index in [1.165, 1.54) is 5.69 Å². The molecule has 132 valence electrons.